The molecule has 98 valence electrons. The molecule has 1 unspecified atom stereocenters. The van der Waals surface area contributed by atoms with E-state index in [0.717, 1.165) is 18.7 Å². The third-order valence-corrected chi connectivity index (χ3v) is 3.03. The summed E-state index contributed by atoms with van der Waals surface area (Å²) in [4.78, 5) is 12.0. The summed E-state index contributed by atoms with van der Waals surface area (Å²) < 4.78 is 5.28. The van der Waals surface area contributed by atoms with Crippen molar-refractivity contribution in [3.05, 3.63) is 29.3 Å². The lowest BCUT2D eigenvalue weighted by atomic mass is 10.1. The van der Waals surface area contributed by atoms with Crippen LogP contribution in [-0.4, -0.2) is 31.7 Å². The fraction of sp³-hybridized carbons (Fsp3) is 0.500. The van der Waals surface area contributed by atoms with E-state index < -0.39 is 0 Å². The highest BCUT2D eigenvalue weighted by Gasteiger charge is 2.14. The van der Waals surface area contributed by atoms with Crippen molar-refractivity contribution >= 4 is 11.6 Å². The van der Waals surface area contributed by atoms with Gasteiger partial charge < -0.3 is 15.4 Å². The van der Waals surface area contributed by atoms with E-state index in [1.807, 2.05) is 32.0 Å². The fourth-order valence-corrected chi connectivity index (χ4v) is 2.08. The quantitative estimate of drug-likeness (QED) is 0.835. The molecule has 1 aliphatic heterocycles. The Labute approximate surface area is 108 Å². The number of benzene rings is 1. The number of hydrogen-bond acceptors (Lipinski definition) is 3. The molecule has 4 heteroatoms. The fourth-order valence-electron chi connectivity index (χ4n) is 2.08. The summed E-state index contributed by atoms with van der Waals surface area (Å²) in [6, 6.07) is 5.86. The first-order valence-electron chi connectivity index (χ1n) is 6.46. The van der Waals surface area contributed by atoms with Crippen LogP contribution >= 0.6 is 0 Å². The van der Waals surface area contributed by atoms with Crippen molar-refractivity contribution in [2.75, 3.05) is 25.1 Å². The topological polar surface area (TPSA) is 50.4 Å². The van der Waals surface area contributed by atoms with E-state index in [1.165, 1.54) is 5.56 Å². The van der Waals surface area contributed by atoms with E-state index >= 15 is 0 Å². The zero-order valence-corrected chi connectivity index (χ0v) is 11.0. The second-order valence-electron chi connectivity index (χ2n) is 4.58. The highest BCUT2D eigenvalue weighted by Crippen LogP contribution is 2.23. The van der Waals surface area contributed by atoms with Gasteiger partial charge >= 0.3 is 0 Å². The molecule has 0 bridgehead atoms. The maximum absolute atomic E-state index is 12.0. The maximum atomic E-state index is 12.0. The van der Waals surface area contributed by atoms with E-state index in [1.54, 1.807) is 0 Å². The first-order chi connectivity index (χ1) is 8.70. The summed E-state index contributed by atoms with van der Waals surface area (Å²) in [5, 5.41) is 6.21. The van der Waals surface area contributed by atoms with Gasteiger partial charge in [0.15, 0.2) is 0 Å². The van der Waals surface area contributed by atoms with Crippen molar-refractivity contribution in [1.29, 1.82) is 0 Å². The van der Waals surface area contributed by atoms with Gasteiger partial charge in [0.25, 0.3) is 5.91 Å². The van der Waals surface area contributed by atoms with E-state index in [-0.39, 0.29) is 11.9 Å². The molecule has 0 spiro atoms. The molecular weight excluding hydrogens is 228 g/mol. The zero-order chi connectivity index (χ0) is 13.0. The van der Waals surface area contributed by atoms with Gasteiger partial charge in [-0.05, 0) is 38.0 Å². The number of fused-ring (bicyclic) bond motifs is 1. The Balaban J connectivity index is 1.96. The smallest absolute Gasteiger partial charge is 0.251 e. The monoisotopic (exact) mass is 248 g/mol. The van der Waals surface area contributed by atoms with Crippen LogP contribution in [0, 0.1) is 0 Å². The van der Waals surface area contributed by atoms with Crippen LogP contribution in [0.15, 0.2) is 18.2 Å². The van der Waals surface area contributed by atoms with Gasteiger partial charge in [0.1, 0.15) is 0 Å². The number of rotatable bonds is 5. The van der Waals surface area contributed by atoms with Gasteiger partial charge in [0.2, 0.25) is 0 Å². The van der Waals surface area contributed by atoms with Crippen LogP contribution in [0.4, 0.5) is 5.69 Å². The summed E-state index contributed by atoms with van der Waals surface area (Å²) in [6.45, 7) is 6.06. The third kappa shape index (κ3) is 3.01. The maximum Gasteiger partial charge on any atom is 0.251 e. The number of ether oxygens (including phenoxy) is 1. The van der Waals surface area contributed by atoms with Crippen LogP contribution in [0.3, 0.4) is 0 Å². The number of nitrogens with one attached hydrogen (secondary N) is 2. The predicted octanol–water partition coefficient (Wildman–Crippen LogP) is 1.81. The molecule has 1 aromatic rings. The van der Waals surface area contributed by atoms with Gasteiger partial charge in [-0.25, -0.2) is 0 Å². The van der Waals surface area contributed by atoms with Crippen LogP contribution in [0.2, 0.25) is 0 Å². The van der Waals surface area contributed by atoms with Gasteiger partial charge in [-0.1, -0.05) is 6.07 Å². The molecule has 0 saturated carbocycles. The number of carbonyl (C=O) groups is 1. The number of carbonyl (C=O) groups excluding carboxylic acids is 1. The lowest BCUT2D eigenvalue weighted by molar-refractivity contribution is 0.0872. The van der Waals surface area contributed by atoms with Crippen LogP contribution in [-0.2, 0) is 11.2 Å². The lowest BCUT2D eigenvalue weighted by Crippen LogP contribution is -2.35. The Bertz CT molecular complexity index is 432. The Morgan fingerprint density at radius 3 is 3.17 bits per heavy atom. The summed E-state index contributed by atoms with van der Waals surface area (Å²) >= 11 is 0. The minimum Gasteiger partial charge on any atom is -0.384 e. The molecule has 1 amide bonds. The summed E-state index contributed by atoms with van der Waals surface area (Å²) in [7, 11) is 0. The molecule has 4 nitrogen and oxygen atoms in total. The van der Waals surface area contributed by atoms with Gasteiger partial charge in [-0.2, -0.15) is 0 Å². The number of hydrogen-bond donors (Lipinski definition) is 2. The van der Waals surface area contributed by atoms with Crippen molar-refractivity contribution in [2.24, 2.45) is 0 Å². The summed E-state index contributed by atoms with van der Waals surface area (Å²) in [5.74, 6) is -0.0429. The molecular formula is C14H20N2O2. The van der Waals surface area contributed by atoms with E-state index in [9.17, 15) is 4.79 Å². The molecule has 0 radical (unpaired) electrons. The molecule has 1 atom stereocenters. The molecule has 1 heterocycles. The van der Waals surface area contributed by atoms with Crippen molar-refractivity contribution in [3.63, 3.8) is 0 Å². The second-order valence-corrected chi connectivity index (χ2v) is 4.58. The van der Waals surface area contributed by atoms with Crippen LogP contribution < -0.4 is 10.6 Å². The second kappa shape index (κ2) is 5.87. The number of amides is 1. The van der Waals surface area contributed by atoms with Gasteiger partial charge in [-0.15, -0.1) is 0 Å². The standard InChI is InChI=1S/C14H20N2O2/c1-3-18-9-10(2)16-14(17)12-5-4-11-6-7-15-13(11)8-12/h4-5,8,10,15H,3,6-7,9H2,1-2H3,(H,16,17). The minimum absolute atomic E-state index is 0.0265. The Hall–Kier alpha value is -1.55. The molecule has 0 fully saturated rings. The highest BCUT2D eigenvalue weighted by atomic mass is 16.5. The number of anilines is 1. The zero-order valence-electron chi connectivity index (χ0n) is 11.0. The van der Waals surface area contributed by atoms with Crippen molar-refractivity contribution < 1.29 is 9.53 Å². The predicted molar refractivity (Wildman–Crippen MR) is 72.1 cm³/mol. The van der Waals surface area contributed by atoms with Crippen LogP contribution in [0.5, 0.6) is 0 Å². The van der Waals surface area contributed by atoms with E-state index in [0.29, 0.717) is 18.8 Å². The average Bonchev–Trinajstić information content (AvgIpc) is 2.83. The van der Waals surface area contributed by atoms with Crippen molar-refractivity contribution in [3.8, 4) is 0 Å². The van der Waals surface area contributed by atoms with Gasteiger partial charge in [-0.3, -0.25) is 4.79 Å². The molecule has 2 N–H and O–H groups in total. The van der Waals surface area contributed by atoms with Crippen molar-refractivity contribution in [1.82, 2.24) is 5.32 Å². The Morgan fingerprint density at radius 2 is 2.39 bits per heavy atom. The largest absolute Gasteiger partial charge is 0.384 e. The van der Waals surface area contributed by atoms with E-state index in [4.69, 9.17) is 4.74 Å². The highest BCUT2D eigenvalue weighted by molar-refractivity contribution is 5.95. The average molecular weight is 248 g/mol. The molecule has 1 aliphatic rings. The Kier molecular flexibility index (Phi) is 4.20. The Morgan fingerprint density at radius 1 is 1.56 bits per heavy atom. The van der Waals surface area contributed by atoms with Crippen LogP contribution in [0.25, 0.3) is 0 Å². The summed E-state index contributed by atoms with van der Waals surface area (Å²) in [5.41, 5.74) is 3.07. The lowest BCUT2D eigenvalue weighted by Gasteiger charge is -2.14. The molecule has 0 saturated heterocycles. The normalized spacial score (nSPS) is 14.8. The van der Waals surface area contributed by atoms with Crippen LogP contribution in [0.1, 0.15) is 29.8 Å². The molecule has 18 heavy (non-hydrogen) atoms. The van der Waals surface area contributed by atoms with E-state index in [2.05, 4.69) is 10.6 Å². The molecule has 2 rings (SSSR count). The first-order valence-corrected chi connectivity index (χ1v) is 6.46. The molecule has 0 aliphatic carbocycles. The SMILES string of the molecule is CCOCC(C)NC(=O)c1ccc2c(c1)NCC2. The van der Waals surface area contributed by atoms with Gasteiger partial charge in [0.05, 0.1) is 6.61 Å². The van der Waals surface area contributed by atoms with Gasteiger partial charge in [0, 0.05) is 30.4 Å². The minimum atomic E-state index is -0.0429. The third-order valence-electron chi connectivity index (χ3n) is 3.03. The van der Waals surface area contributed by atoms with Crippen molar-refractivity contribution in [2.45, 2.75) is 26.3 Å². The summed E-state index contributed by atoms with van der Waals surface area (Å²) in [6.07, 6.45) is 1.04. The molecule has 0 aromatic heterocycles. The molecule has 1 aromatic carbocycles. The first kappa shape index (κ1) is 12.9.